The zero-order valence-corrected chi connectivity index (χ0v) is 194. The number of hydrogen-bond acceptors (Lipinski definition) is 0. The van der Waals surface area contributed by atoms with Crippen molar-refractivity contribution in [2.45, 2.75) is 0 Å². The average Bonchev–Trinajstić information content (AvgIpc) is 0.698. The van der Waals surface area contributed by atoms with Crippen molar-refractivity contribution in [1.29, 1.82) is 0 Å². The third-order valence-corrected chi connectivity index (χ3v) is 911. The third kappa shape index (κ3) is 62.9. The number of rotatable bonds is 61. The highest BCUT2D eigenvalue weighted by Gasteiger charge is 2.70. The molecule has 0 radical (unpaired) electrons. The van der Waals surface area contributed by atoms with E-state index in [0.29, 0.717) is 0 Å². The second kappa shape index (κ2) is 98.6. The van der Waals surface area contributed by atoms with E-state index in [9.17, 15) is 0 Å². The predicted octanol–water partition coefficient (Wildman–Crippen LogP) is 74.2. The Labute approximate surface area is 987 Å². The largest absolute Gasteiger partial charge is 0.102 e. The summed E-state index contributed by atoms with van der Waals surface area (Å²) in [5.74, 6) is 0. The summed E-state index contributed by atoms with van der Waals surface area (Å²) in [6.45, 7) is -36.2. The van der Waals surface area contributed by atoms with Gasteiger partial charge in [-0.05, 0) is 433 Å². The van der Waals surface area contributed by atoms with Crippen LogP contribution in [-0.4, -0.2) is 0 Å². The van der Waals surface area contributed by atoms with E-state index in [-0.39, 0.29) is 0 Å². The molecule has 0 heterocycles. The highest BCUT2D eigenvalue weighted by atomic mass is 33.7. The molecule has 64 unspecified atom stereocenters. The molecule has 126 heavy (non-hydrogen) atoms. The summed E-state index contributed by atoms with van der Waals surface area (Å²) in [4.78, 5) is 0. The molecule has 0 fully saturated rings. The molecular formula is H128P126. The van der Waals surface area contributed by atoms with E-state index in [1.807, 2.05) is 0 Å². The Bertz CT molecular complexity index is 1910. The predicted molar refractivity (Wildman–Crippen MR) is 1050 cm³/mol. The fraction of sp³-hybridized carbons (Fsp3) is 0. The van der Waals surface area contributed by atoms with E-state index in [4.69, 9.17) is 0 Å². The van der Waals surface area contributed by atoms with Crippen LogP contribution in [0.1, 0.15) is 0 Å². The van der Waals surface area contributed by atoms with Crippen molar-refractivity contribution in [3.63, 3.8) is 0 Å². The van der Waals surface area contributed by atoms with Crippen LogP contribution in [0.5, 0.6) is 0 Å². The van der Waals surface area contributed by atoms with E-state index in [1.165, 1.54) is 0 Å². The Kier molecular flexibility index (Phi) is 141. The molecule has 0 saturated carbocycles. The maximum atomic E-state index is 3.94. The monoisotopic (exact) mass is 4030 g/mol. The van der Waals surface area contributed by atoms with Crippen molar-refractivity contribution < 1.29 is 0 Å². The van der Waals surface area contributed by atoms with Gasteiger partial charge in [0.05, 0.1) is 0 Å². The van der Waals surface area contributed by atoms with E-state index < -0.39 is 433 Å². The minimum absolute atomic E-state index is 0.544. The highest BCUT2D eigenvalue weighted by Crippen LogP contribution is 3.58. The molecule has 0 saturated heterocycles. The summed E-state index contributed by atoms with van der Waals surface area (Å²) in [5, 5.41) is 0. The Morgan fingerprint density at radius 2 is 0.0635 bits per heavy atom. The van der Waals surface area contributed by atoms with Crippen molar-refractivity contribution in [2.75, 3.05) is 0 Å². The summed E-state index contributed by atoms with van der Waals surface area (Å²) < 4.78 is 0. The van der Waals surface area contributed by atoms with Gasteiger partial charge in [0.2, 0.25) is 0 Å². The molecule has 0 bridgehead atoms. The zero-order valence-electron chi connectivity index (χ0n) is 64.7. The lowest BCUT2D eigenvalue weighted by atomic mass is 28.3. The van der Waals surface area contributed by atoms with E-state index in [0.717, 1.165) is 0 Å². The van der Waals surface area contributed by atoms with Crippen LogP contribution in [0.4, 0.5) is 0 Å². The van der Waals surface area contributed by atoms with Crippen molar-refractivity contribution in [3.05, 3.63) is 0 Å². The standard InChI is InChI=1S/H128P126/c1-65(2)97(66(3)4)113(98(67(5)6)68(7)8)121(114(99(69(9)10)70(11)12)100(71(13)14)72(15)16)125(122(115(101(73(17)18)74(19)20)102(75(21)22)76(23)24)116(103(77(25)26)78(27)28)104(79(29)30)80(31)32)126(123(117(105(81(33)34)82(35)36)106(83(37)38)84(39)40)118(107(85(41)42)86(43)44)108(87(45)46)88(47)48)124(119(109(89(49)50)90(51)52)110(91(53)54)92(55)56)120(111(93(57)58)94(59)60)112(95(61)62)96(63)64/h1-64H2. The van der Waals surface area contributed by atoms with Crippen LogP contribution in [0.25, 0.3) is 0 Å². The smallest absolute Gasteiger partial charge is 0.000000161 e. The lowest BCUT2D eigenvalue weighted by molar-refractivity contribution is 4.27. The summed E-state index contributed by atoms with van der Waals surface area (Å²) in [6.07, 6.45) is 0. The summed E-state index contributed by atoms with van der Waals surface area (Å²) in [6, 6.07) is 0. The lowest BCUT2D eigenvalue weighted by Crippen LogP contribution is -1.79. The topological polar surface area (TPSA) is 0 Å². The van der Waals surface area contributed by atoms with Gasteiger partial charge in [-0.2, -0.15) is 0 Å². The van der Waals surface area contributed by atoms with Gasteiger partial charge in [-0.25, -0.2) is 0 Å². The minimum Gasteiger partial charge on any atom is -0.102 e. The molecule has 0 spiro atoms. The van der Waals surface area contributed by atoms with Gasteiger partial charge in [-0.3, -0.25) is 0 Å². The Morgan fingerprint density at radius 1 is 0.0397 bits per heavy atom. The first-order chi connectivity index (χ1) is 57.3. The van der Waals surface area contributed by atoms with Crippen LogP contribution in [0.15, 0.2) is 0 Å². The van der Waals surface area contributed by atoms with Gasteiger partial charge in [0.1, 0.15) is 0 Å². The van der Waals surface area contributed by atoms with Gasteiger partial charge in [-0.15, -0.1) is 571 Å². The summed E-state index contributed by atoms with van der Waals surface area (Å²) in [7, 11) is 252. The van der Waals surface area contributed by atoms with Crippen molar-refractivity contribution >= 4 is 1000 Å². The van der Waals surface area contributed by atoms with E-state index >= 15 is 0 Å². The second-order valence-electron chi connectivity index (χ2n) is 20.2. The second-order valence-corrected chi connectivity index (χ2v) is 546. The molecule has 0 aromatic rings. The SMILES string of the molecule is PP(P)P(P(P)P)P(P(P(P)P)P(P)P)P(P(P(P(P)P)P(P)P)P(P(P)P)P(P)P)P(P(P(P(P(P)P)P(P)P)P(P(P)P)P(P)P)P(P(P(P)P)P(P)P)P(P(P)P)P(P)P)P(P(P(P(P(P)P)P(P)P)P(P(P)P)P(P)P)P(P(P(P)P)P(P)P)P(P(P)P)P(P)P)P(P(P(P(P)P)P(P)P)P(P(P)P)P(P)P)P(P(P(P)P)P(P)P)P(P(P)P)P(P)P. The normalized spacial score (nSPS) is 14.8. The first-order valence-electron chi connectivity index (χ1n) is 28.7. The Balaban J connectivity index is 17.2. The number of hydrogen-bond donors (Lipinski definition) is 0. The Hall–Kier alpha value is 54.2. The molecule has 0 amide bonds. The van der Waals surface area contributed by atoms with Crippen molar-refractivity contribution in [3.8, 4) is 0 Å². The first kappa shape index (κ1) is 180. The van der Waals surface area contributed by atoms with Crippen LogP contribution in [0.2, 0.25) is 0 Å². The van der Waals surface area contributed by atoms with Gasteiger partial charge >= 0.3 is 0 Å². The van der Waals surface area contributed by atoms with Crippen LogP contribution < -0.4 is 0 Å². The summed E-state index contributed by atoms with van der Waals surface area (Å²) >= 11 is 0. The Morgan fingerprint density at radius 3 is 0.0873 bits per heavy atom. The van der Waals surface area contributed by atoms with Crippen LogP contribution in [0.3, 0.4) is 0 Å². The molecule has 126 heteroatoms. The van der Waals surface area contributed by atoms with Crippen molar-refractivity contribution in [2.24, 2.45) is 0 Å². The van der Waals surface area contributed by atoms with Crippen LogP contribution in [-0.2, 0) is 0 Å². The van der Waals surface area contributed by atoms with E-state index in [2.05, 4.69) is 571 Å². The highest BCUT2D eigenvalue weighted by molar-refractivity contribution is 9.63. The lowest BCUT2D eigenvalue weighted by Gasteiger charge is -2.66. The molecule has 64 atom stereocenters. The van der Waals surface area contributed by atoms with Gasteiger partial charge < -0.3 is 0 Å². The summed E-state index contributed by atoms with van der Waals surface area (Å²) in [5.41, 5.74) is 0. The molecule has 0 N–H and O–H groups in total. The minimum atomic E-state index is -0.868. The van der Waals surface area contributed by atoms with Gasteiger partial charge in [-0.1, -0.05) is 0 Å². The van der Waals surface area contributed by atoms with Crippen LogP contribution in [0, 0.1) is 0 Å². The van der Waals surface area contributed by atoms with Crippen LogP contribution >= 0.6 is 1000 Å². The fourth-order valence-electron chi connectivity index (χ4n) is 7.87. The molecule has 0 aromatic heterocycles. The molecule has 0 aliphatic heterocycles. The van der Waals surface area contributed by atoms with Crippen molar-refractivity contribution in [1.82, 2.24) is 0 Å². The van der Waals surface area contributed by atoms with Gasteiger partial charge in [0.25, 0.3) is 0 Å². The molecule has 0 aliphatic rings. The maximum absolute atomic E-state index is 3.94. The van der Waals surface area contributed by atoms with E-state index in [1.54, 1.807) is 0 Å². The first-order valence-corrected chi connectivity index (χ1v) is 259. The third-order valence-electron chi connectivity index (χ3n) is 11.2. The molecule has 0 aromatic carbocycles. The zero-order chi connectivity index (χ0) is 99.8. The van der Waals surface area contributed by atoms with Gasteiger partial charge in [0.15, 0.2) is 0 Å². The van der Waals surface area contributed by atoms with Gasteiger partial charge in [0, 0.05) is 0 Å². The molecule has 758 valence electrons. The molecule has 0 rings (SSSR count). The molecule has 0 aliphatic carbocycles. The fourth-order valence-corrected chi connectivity index (χ4v) is 1910. The average molecular weight is 4030 g/mol. The molecular weight excluding hydrogens is 3900 g/mol. The quantitative estimate of drug-likeness (QED) is 0.0533. The molecule has 0 nitrogen and oxygen atoms in total. The maximum Gasteiger partial charge on any atom is -0.000000161 e.